The van der Waals surface area contributed by atoms with Crippen molar-refractivity contribution in [3.8, 4) is 0 Å². The lowest BCUT2D eigenvalue weighted by atomic mass is 9.96. The number of hydrogen-bond acceptors (Lipinski definition) is 2. The van der Waals surface area contributed by atoms with Gasteiger partial charge in [-0.25, -0.2) is 0 Å². The van der Waals surface area contributed by atoms with Gasteiger partial charge in [-0.05, 0) is 37.3 Å². The van der Waals surface area contributed by atoms with Crippen molar-refractivity contribution in [2.24, 2.45) is 5.92 Å². The second kappa shape index (κ2) is 7.81. The lowest BCUT2D eigenvalue weighted by Crippen LogP contribution is -2.40. The fourth-order valence-electron chi connectivity index (χ4n) is 2.43. The molecule has 1 unspecified atom stereocenters. The molecule has 0 bridgehead atoms. The Labute approximate surface area is 124 Å². The molecule has 1 aromatic rings. The van der Waals surface area contributed by atoms with Crippen molar-refractivity contribution in [2.45, 2.75) is 24.2 Å². The smallest absolute Gasteiger partial charge is 0.232 e. The van der Waals surface area contributed by atoms with Gasteiger partial charge in [0.2, 0.25) is 5.91 Å². The highest BCUT2D eigenvalue weighted by Crippen LogP contribution is 2.22. The van der Waals surface area contributed by atoms with Gasteiger partial charge in [0.05, 0.1) is 5.75 Å². The number of carbonyl (C=O) groups excluding carboxylic acids is 1. The average molecular weight is 298 g/mol. The zero-order valence-electron chi connectivity index (χ0n) is 11.1. The van der Waals surface area contributed by atoms with Crippen LogP contribution in [-0.4, -0.2) is 35.5 Å². The van der Waals surface area contributed by atoms with E-state index in [9.17, 15) is 4.79 Å². The van der Waals surface area contributed by atoms with E-state index >= 15 is 0 Å². The Morgan fingerprint density at radius 3 is 2.89 bits per heavy atom. The molecule has 2 nitrogen and oxygen atoms in total. The normalized spacial score (nSPS) is 19.4. The monoisotopic (exact) mass is 297 g/mol. The number of piperidine rings is 1. The lowest BCUT2D eigenvalue weighted by molar-refractivity contribution is -0.130. The highest BCUT2D eigenvalue weighted by Gasteiger charge is 2.22. The first-order valence-electron chi connectivity index (χ1n) is 6.81. The van der Waals surface area contributed by atoms with Gasteiger partial charge in [0.15, 0.2) is 0 Å². The largest absolute Gasteiger partial charge is 0.342 e. The van der Waals surface area contributed by atoms with Crippen LogP contribution in [0.5, 0.6) is 0 Å². The summed E-state index contributed by atoms with van der Waals surface area (Å²) in [5, 5.41) is 0. The zero-order valence-corrected chi connectivity index (χ0v) is 12.6. The number of amides is 1. The van der Waals surface area contributed by atoms with Gasteiger partial charge in [-0.3, -0.25) is 4.79 Å². The van der Waals surface area contributed by atoms with E-state index in [1.54, 1.807) is 11.8 Å². The van der Waals surface area contributed by atoms with Crippen LogP contribution in [0, 0.1) is 5.92 Å². The summed E-state index contributed by atoms with van der Waals surface area (Å²) in [6.07, 6.45) is 3.35. The van der Waals surface area contributed by atoms with Gasteiger partial charge < -0.3 is 4.90 Å². The van der Waals surface area contributed by atoms with Crippen LogP contribution in [0.2, 0.25) is 0 Å². The molecule has 0 aliphatic carbocycles. The molecule has 4 heteroatoms. The summed E-state index contributed by atoms with van der Waals surface area (Å²) in [6, 6.07) is 10.1. The van der Waals surface area contributed by atoms with Gasteiger partial charge in [-0.1, -0.05) is 18.2 Å². The summed E-state index contributed by atoms with van der Waals surface area (Å²) < 4.78 is 0. The maximum Gasteiger partial charge on any atom is 0.232 e. The van der Waals surface area contributed by atoms with E-state index in [1.807, 2.05) is 35.2 Å². The van der Waals surface area contributed by atoms with Crippen LogP contribution in [0.4, 0.5) is 0 Å². The van der Waals surface area contributed by atoms with Crippen molar-refractivity contribution >= 4 is 29.3 Å². The molecule has 2 rings (SSSR count). The van der Waals surface area contributed by atoms with Crippen molar-refractivity contribution in [2.75, 3.05) is 24.7 Å². The van der Waals surface area contributed by atoms with Gasteiger partial charge in [-0.15, -0.1) is 23.4 Å². The molecule has 1 saturated heterocycles. The van der Waals surface area contributed by atoms with Crippen molar-refractivity contribution in [3.63, 3.8) is 0 Å². The van der Waals surface area contributed by atoms with Crippen molar-refractivity contribution in [1.82, 2.24) is 4.90 Å². The predicted octanol–water partition coefficient (Wildman–Crippen LogP) is 3.65. The van der Waals surface area contributed by atoms with Crippen molar-refractivity contribution < 1.29 is 4.79 Å². The van der Waals surface area contributed by atoms with Crippen LogP contribution in [0.15, 0.2) is 35.2 Å². The Bertz CT molecular complexity index is 396. The van der Waals surface area contributed by atoms with Crippen LogP contribution in [0.3, 0.4) is 0 Å². The highest BCUT2D eigenvalue weighted by molar-refractivity contribution is 8.00. The predicted molar refractivity (Wildman–Crippen MR) is 81.8 cm³/mol. The summed E-state index contributed by atoms with van der Waals surface area (Å²) >= 11 is 7.42. The molecule has 1 amide bonds. The Morgan fingerprint density at radius 1 is 1.37 bits per heavy atom. The summed E-state index contributed by atoms with van der Waals surface area (Å²) in [5.41, 5.74) is 0. The summed E-state index contributed by atoms with van der Waals surface area (Å²) in [4.78, 5) is 15.4. The maximum atomic E-state index is 12.2. The van der Waals surface area contributed by atoms with E-state index in [2.05, 4.69) is 0 Å². The second-order valence-electron chi connectivity index (χ2n) is 4.93. The first-order chi connectivity index (χ1) is 9.29. The Morgan fingerprint density at radius 2 is 2.16 bits per heavy atom. The number of nitrogens with zero attached hydrogens (tertiary/aromatic N) is 1. The fraction of sp³-hybridized carbons (Fsp3) is 0.533. The molecule has 0 aromatic heterocycles. The van der Waals surface area contributed by atoms with Gasteiger partial charge >= 0.3 is 0 Å². The van der Waals surface area contributed by atoms with Gasteiger partial charge in [-0.2, -0.15) is 0 Å². The summed E-state index contributed by atoms with van der Waals surface area (Å²) in [6.45, 7) is 1.80. The van der Waals surface area contributed by atoms with Gasteiger partial charge in [0, 0.05) is 23.9 Å². The minimum atomic E-state index is 0.258. The van der Waals surface area contributed by atoms with E-state index in [-0.39, 0.29) is 5.91 Å². The molecule has 1 aliphatic rings. The van der Waals surface area contributed by atoms with E-state index < -0.39 is 0 Å². The van der Waals surface area contributed by atoms with Crippen LogP contribution in [0.1, 0.15) is 19.3 Å². The molecule has 0 N–H and O–H groups in total. The standard InChI is InChI=1S/C15H20ClNOS/c16-9-8-13-5-4-10-17(11-13)15(18)12-19-14-6-2-1-3-7-14/h1-3,6-7,13H,4-5,8-12H2. The number of carbonyl (C=O) groups is 1. The van der Waals surface area contributed by atoms with E-state index in [4.69, 9.17) is 11.6 Å². The first-order valence-corrected chi connectivity index (χ1v) is 8.33. The number of hydrogen-bond donors (Lipinski definition) is 0. The SMILES string of the molecule is O=C(CSc1ccccc1)N1CCCC(CCCl)C1. The molecule has 1 aromatic carbocycles. The minimum Gasteiger partial charge on any atom is -0.342 e. The molecule has 0 saturated carbocycles. The summed E-state index contributed by atoms with van der Waals surface area (Å²) in [5.74, 6) is 2.09. The molecule has 1 aliphatic heterocycles. The van der Waals surface area contributed by atoms with Crippen LogP contribution in [-0.2, 0) is 4.79 Å². The number of alkyl halides is 1. The third-order valence-electron chi connectivity index (χ3n) is 3.49. The Kier molecular flexibility index (Phi) is 6.05. The number of likely N-dealkylation sites (tertiary alicyclic amines) is 1. The fourth-order valence-corrected chi connectivity index (χ4v) is 3.57. The van der Waals surface area contributed by atoms with Crippen LogP contribution < -0.4 is 0 Å². The van der Waals surface area contributed by atoms with Crippen molar-refractivity contribution in [3.05, 3.63) is 30.3 Å². The molecule has 0 spiro atoms. The van der Waals surface area contributed by atoms with E-state index in [1.165, 1.54) is 6.42 Å². The Balaban J connectivity index is 1.79. The third-order valence-corrected chi connectivity index (χ3v) is 4.71. The molecular weight excluding hydrogens is 278 g/mol. The average Bonchev–Trinajstić information content (AvgIpc) is 2.46. The minimum absolute atomic E-state index is 0.258. The molecule has 1 fully saturated rings. The molecule has 0 radical (unpaired) electrons. The number of rotatable bonds is 5. The second-order valence-corrected chi connectivity index (χ2v) is 6.35. The van der Waals surface area contributed by atoms with Crippen molar-refractivity contribution in [1.29, 1.82) is 0 Å². The first kappa shape index (κ1) is 14.7. The van der Waals surface area contributed by atoms with E-state index in [0.717, 1.165) is 30.8 Å². The summed E-state index contributed by atoms with van der Waals surface area (Å²) in [7, 11) is 0. The molecule has 104 valence electrons. The topological polar surface area (TPSA) is 20.3 Å². The molecule has 1 atom stereocenters. The zero-order chi connectivity index (χ0) is 13.5. The van der Waals surface area contributed by atoms with Gasteiger partial charge in [0.1, 0.15) is 0 Å². The van der Waals surface area contributed by atoms with Gasteiger partial charge in [0.25, 0.3) is 0 Å². The number of thioether (sulfide) groups is 1. The quantitative estimate of drug-likeness (QED) is 0.611. The molecule has 19 heavy (non-hydrogen) atoms. The maximum absolute atomic E-state index is 12.2. The number of benzene rings is 1. The Hall–Kier alpha value is -0.670. The molecular formula is C15H20ClNOS. The lowest BCUT2D eigenvalue weighted by Gasteiger charge is -2.32. The molecule has 1 heterocycles. The highest BCUT2D eigenvalue weighted by atomic mass is 35.5. The number of halogens is 1. The van der Waals surface area contributed by atoms with Crippen LogP contribution in [0.25, 0.3) is 0 Å². The third kappa shape index (κ3) is 4.73. The van der Waals surface area contributed by atoms with Crippen LogP contribution >= 0.6 is 23.4 Å². The van der Waals surface area contributed by atoms with E-state index in [0.29, 0.717) is 17.6 Å².